The highest BCUT2D eigenvalue weighted by Crippen LogP contribution is 2.57. The molecule has 2 N–H and O–H groups in total. The Kier molecular flexibility index (Phi) is 5.51. The first-order chi connectivity index (χ1) is 11.3. The molecule has 1 aromatic rings. The van der Waals surface area contributed by atoms with Crippen molar-refractivity contribution in [2.24, 2.45) is 16.7 Å². The summed E-state index contributed by atoms with van der Waals surface area (Å²) in [5.74, 6) is 0.125. The van der Waals surface area contributed by atoms with Gasteiger partial charge in [0, 0.05) is 12.0 Å². The van der Waals surface area contributed by atoms with Crippen molar-refractivity contribution >= 4 is 6.09 Å². The zero-order valence-corrected chi connectivity index (χ0v) is 14.6. The molecule has 5 nitrogen and oxygen atoms in total. The van der Waals surface area contributed by atoms with Gasteiger partial charge in [-0.15, -0.1) is 0 Å². The van der Waals surface area contributed by atoms with E-state index in [1.165, 1.54) is 0 Å². The Bertz CT molecular complexity index is 609. The summed E-state index contributed by atoms with van der Waals surface area (Å²) in [6.45, 7) is 6.39. The molecule has 24 heavy (non-hydrogen) atoms. The van der Waals surface area contributed by atoms with Gasteiger partial charge >= 0.3 is 6.09 Å². The molecule has 0 aliphatic heterocycles. The number of rotatable bonds is 5. The fourth-order valence-electron chi connectivity index (χ4n) is 3.68. The molecule has 1 unspecified atom stereocenters. The summed E-state index contributed by atoms with van der Waals surface area (Å²) in [4.78, 5) is 12.1. The number of nitrogens with zero attached hydrogens (tertiary/aromatic N) is 1. The number of carbonyl (C=O) groups is 1. The smallest absolute Gasteiger partial charge is 0.408 e. The van der Waals surface area contributed by atoms with Gasteiger partial charge in [-0.2, -0.15) is 5.26 Å². The van der Waals surface area contributed by atoms with E-state index in [9.17, 15) is 15.2 Å². The highest BCUT2D eigenvalue weighted by molar-refractivity contribution is 5.68. The van der Waals surface area contributed by atoms with Crippen LogP contribution >= 0.6 is 0 Å². The number of carbonyl (C=O) groups excluding carboxylic acids is 1. The summed E-state index contributed by atoms with van der Waals surface area (Å²) < 4.78 is 5.24. The second-order valence-corrected chi connectivity index (χ2v) is 7.33. The summed E-state index contributed by atoms with van der Waals surface area (Å²) in [6.07, 6.45) is 1.04. The monoisotopic (exact) mass is 330 g/mol. The van der Waals surface area contributed by atoms with E-state index in [1.54, 1.807) is 0 Å². The van der Waals surface area contributed by atoms with Crippen LogP contribution in [-0.4, -0.2) is 23.8 Å². The van der Waals surface area contributed by atoms with E-state index in [4.69, 9.17) is 4.74 Å². The number of ether oxygens (including phenoxy) is 1. The minimum Gasteiger partial charge on any atom is -0.445 e. The number of aliphatic hydroxyl groups excluding tert-OH is 1. The number of alkyl carbamates (subject to hydrolysis) is 1. The molecule has 1 aliphatic rings. The predicted molar refractivity (Wildman–Crippen MR) is 90.9 cm³/mol. The van der Waals surface area contributed by atoms with Crippen molar-refractivity contribution in [3.63, 3.8) is 0 Å². The van der Waals surface area contributed by atoms with Crippen LogP contribution in [0.3, 0.4) is 0 Å². The van der Waals surface area contributed by atoms with Gasteiger partial charge in [0.25, 0.3) is 0 Å². The van der Waals surface area contributed by atoms with Gasteiger partial charge in [0.2, 0.25) is 0 Å². The van der Waals surface area contributed by atoms with Crippen LogP contribution in [0.25, 0.3) is 0 Å². The Morgan fingerprint density at radius 3 is 2.62 bits per heavy atom. The Morgan fingerprint density at radius 1 is 1.42 bits per heavy atom. The maximum Gasteiger partial charge on any atom is 0.408 e. The lowest BCUT2D eigenvalue weighted by molar-refractivity contribution is 0.0374. The maximum absolute atomic E-state index is 12.1. The summed E-state index contributed by atoms with van der Waals surface area (Å²) in [5.41, 5.74) is 0.226. The SMILES string of the molecule is CC1(C)[C@@H](CO)CC[C@@]1(C)C(C#N)NC(=O)OCc1ccccc1. The second kappa shape index (κ2) is 7.23. The summed E-state index contributed by atoms with van der Waals surface area (Å²) >= 11 is 0. The molecule has 2 rings (SSSR count). The molecule has 1 fully saturated rings. The minimum absolute atomic E-state index is 0.0964. The molecule has 0 radical (unpaired) electrons. The number of hydrogen-bond acceptors (Lipinski definition) is 4. The van der Waals surface area contributed by atoms with Gasteiger partial charge in [-0.1, -0.05) is 51.1 Å². The van der Waals surface area contributed by atoms with E-state index < -0.39 is 17.6 Å². The van der Waals surface area contributed by atoms with E-state index >= 15 is 0 Å². The highest BCUT2D eigenvalue weighted by Gasteiger charge is 2.55. The standard InChI is InChI=1S/C19H26N2O3/c1-18(2)15(12-22)9-10-19(18,3)16(11-20)21-17(23)24-13-14-7-5-4-6-8-14/h4-8,15-16,22H,9-10,12-13H2,1-3H3,(H,21,23)/t15-,16?,19+/m1/s1. The lowest BCUT2D eigenvalue weighted by Crippen LogP contribution is -2.51. The van der Waals surface area contributed by atoms with Crippen LogP contribution in [0.4, 0.5) is 4.79 Å². The average molecular weight is 330 g/mol. The van der Waals surface area contributed by atoms with Gasteiger partial charge in [-0.25, -0.2) is 4.79 Å². The molecule has 0 heterocycles. The van der Waals surface area contributed by atoms with Crippen molar-refractivity contribution in [3.05, 3.63) is 35.9 Å². The van der Waals surface area contributed by atoms with E-state index in [1.807, 2.05) is 37.3 Å². The Hall–Kier alpha value is -2.06. The highest BCUT2D eigenvalue weighted by atomic mass is 16.5. The maximum atomic E-state index is 12.1. The number of nitriles is 1. The molecular weight excluding hydrogens is 304 g/mol. The normalized spacial score (nSPS) is 26.4. The third kappa shape index (κ3) is 3.39. The first-order valence-electron chi connectivity index (χ1n) is 8.33. The van der Waals surface area contributed by atoms with Gasteiger partial charge in [0.1, 0.15) is 12.6 Å². The molecule has 1 aromatic carbocycles. The van der Waals surface area contributed by atoms with E-state index in [-0.39, 0.29) is 24.5 Å². The van der Waals surface area contributed by atoms with Crippen molar-refractivity contribution < 1.29 is 14.6 Å². The number of amides is 1. The van der Waals surface area contributed by atoms with Crippen LogP contribution in [0.5, 0.6) is 0 Å². The Balaban J connectivity index is 2.01. The van der Waals surface area contributed by atoms with E-state index in [0.29, 0.717) is 0 Å². The molecule has 1 amide bonds. The predicted octanol–water partition coefficient (Wildman–Crippen LogP) is 3.24. The number of aliphatic hydroxyl groups is 1. The van der Waals surface area contributed by atoms with E-state index in [0.717, 1.165) is 18.4 Å². The first kappa shape index (κ1) is 18.3. The lowest BCUT2D eigenvalue weighted by atomic mass is 9.62. The quantitative estimate of drug-likeness (QED) is 0.868. The van der Waals surface area contributed by atoms with Gasteiger partial charge in [-0.05, 0) is 29.7 Å². The fourth-order valence-corrected chi connectivity index (χ4v) is 3.68. The molecule has 1 aliphatic carbocycles. The second-order valence-electron chi connectivity index (χ2n) is 7.33. The van der Waals surface area contributed by atoms with Crippen molar-refractivity contribution in [2.75, 3.05) is 6.61 Å². The average Bonchev–Trinajstić information content (AvgIpc) is 2.81. The summed E-state index contributed by atoms with van der Waals surface area (Å²) in [6, 6.07) is 11.0. The molecule has 0 aromatic heterocycles. The molecule has 3 atom stereocenters. The van der Waals surface area contributed by atoms with Crippen LogP contribution in [0.15, 0.2) is 30.3 Å². The topological polar surface area (TPSA) is 82.4 Å². The van der Waals surface area contributed by atoms with Crippen LogP contribution in [0, 0.1) is 28.1 Å². The van der Waals surface area contributed by atoms with Crippen molar-refractivity contribution in [3.8, 4) is 6.07 Å². The third-order valence-electron chi connectivity index (χ3n) is 5.97. The molecule has 0 spiro atoms. The summed E-state index contributed by atoms with van der Waals surface area (Å²) in [5, 5.41) is 21.9. The van der Waals surface area contributed by atoms with Crippen LogP contribution in [0.2, 0.25) is 0 Å². The van der Waals surface area contributed by atoms with Gasteiger partial charge in [0.05, 0.1) is 6.07 Å². The molecule has 1 saturated carbocycles. The van der Waals surface area contributed by atoms with Crippen molar-refractivity contribution in [2.45, 2.75) is 46.3 Å². The number of benzene rings is 1. The zero-order chi connectivity index (χ0) is 17.8. The zero-order valence-electron chi connectivity index (χ0n) is 14.6. The van der Waals surface area contributed by atoms with Crippen molar-refractivity contribution in [1.82, 2.24) is 5.32 Å². The van der Waals surface area contributed by atoms with Gasteiger partial charge in [-0.3, -0.25) is 0 Å². The Morgan fingerprint density at radius 2 is 2.08 bits per heavy atom. The van der Waals surface area contributed by atoms with Crippen LogP contribution in [-0.2, 0) is 11.3 Å². The Labute approximate surface area is 143 Å². The van der Waals surface area contributed by atoms with Crippen LogP contribution in [0.1, 0.15) is 39.2 Å². The van der Waals surface area contributed by atoms with Gasteiger partial charge in [0.15, 0.2) is 0 Å². The number of nitrogens with one attached hydrogen (secondary N) is 1. The summed E-state index contributed by atoms with van der Waals surface area (Å²) in [7, 11) is 0. The van der Waals surface area contributed by atoms with E-state index in [2.05, 4.69) is 25.2 Å². The molecule has 0 bridgehead atoms. The minimum atomic E-state index is -0.660. The largest absolute Gasteiger partial charge is 0.445 e. The molecule has 130 valence electrons. The van der Waals surface area contributed by atoms with Gasteiger partial charge < -0.3 is 15.2 Å². The third-order valence-corrected chi connectivity index (χ3v) is 5.97. The molecular formula is C19H26N2O3. The molecule has 5 heteroatoms. The van der Waals surface area contributed by atoms with Crippen molar-refractivity contribution in [1.29, 1.82) is 5.26 Å². The lowest BCUT2D eigenvalue weighted by Gasteiger charge is -2.44. The van der Waals surface area contributed by atoms with Crippen LogP contribution < -0.4 is 5.32 Å². The number of hydrogen-bond donors (Lipinski definition) is 2. The first-order valence-corrected chi connectivity index (χ1v) is 8.33. The fraction of sp³-hybridized carbons (Fsp3) is 0.579. The molecule has 0 saturated heterocycles.